The van der Waals surface area contributed by atoms with E-state index >= 15 is 0 Å². The molecule has 2 fully saturated rings. The SMILES string of the molecule is CN=C(NCCc1cccc2ccccc12)N1CCC(C(=O)N2CCOCC2)CC1.I. The standard InChI is InChI=1S/C24H32N4O2.HI/c1-25-24(26-12-9-20-7-4-6-19-5-2-3-8-22(19)20)28-13-10-21(11-14-28)23(29)27-15-17-30-18-16-27;/h2-8,21H,9-18H2,1H3,(H,25,26);1H. The topological polar surface area (TPSA) is 57.2 Å². The van der Waals surface area contributed by atoms with Gasteiger partial charge in [-0.15, -0.1) is 24.0 Å². The van der Waals surface area contributed by atoms with Gasteiger partial charge in [-0.25, -0.2) is 0 Å². The first kappa shape index (κ1) is 23.8. The number of rotatable bonds is 4. The number of nitrogens with one attached hydrogen (secondary N) is 1. The van der Waals surface area contributed by atoms with E-state index < -0.39 is 0 Å². The number of benzene rings is 2. The normalized spacial score (nSPS) is 18.0. The minimum absolute atomic E-state index is 0. The Morgan fingerprint density at radius 2 is 1.74 bits per heavy atom. The van der Waals surface area contributed by atoms with Gasteiger partial charge in [-0.05, 0) is 35.6 Å². The van der Waals surface area contributed by atoms with E-state index in [1.807, 2.05) is 11.9 Å². The molecule has 0 atom stereocenters. The predicted molar refractivity (Wildman–Crippen MR) is 136 cm³/mol. The van der Waals surface area contributed by atoms with Crippen LogP contribution in [0.1, 0.15) is 18.4 Å². The summed E-state index contributed by atoms with van der Waals surface area (Å²) in [6.45, 7) is 5.37. The van der Waals surface area contributed by atoms with Gasteiger partial charge in [0.15, 0.2) is 5.96 Å². The molecule has 4 rings (SSSR count). The predicted octanol–water partition coefficient (Wildman–Crippen LogP) is 3.15. The minimum Gasteiger partial charge on any atom is -0.378 e. The van der Waals surface area contributed by atoms with E-state index in [-0.39, 0.29) is 29.9 Å². The number of carbonyl (C=O) groups excluding carboxylic acids is 1. The summed E-state index contributed by atoms with van der Waals surface area (Å²) in [6, 6.07) is 15.0. The van der Waals surface area contributed by atoms with Crippen LogP contribution in [-0.2, 0) is 16.0 Å². The number of halogens is 1. The number of likely N-dealkylation sites (tertiary alicyclic amines) is 1. The van der Waals surface area contributed by atoms with Gasteiger partial charge in [0.1, 0.15) is 0 Å². The molecule has 6 nitrogen and oxygen atoms in total. The lowest BCUT2D eigenvalue weighted by molar-refractivity contribution is -0.140. The molecule has 1 amide bonds. The van der Waals surface area contributed by atoms with Gasteiger partial charge in [0.05, 0.1) is 13.2 Å². The molecule has 0 radical (unpaired) electrons. The fourth-order valence-electron chi connectivity index (χ4n) is 4.53. The number of nitrogens with zero attached hydrogens (tertiary/aromatic N) is 3. The first-order valence-electron chi connectivity index (χ1n) is 11.0. The quantitative estimate of drug-likeness (QED) is 0.371. The molecule has 2 heterocycles. The van der Waals surface area contributed by atoms with Crippen molar-refractivity contribution >= 4 is 46.6 Å². The third kappa shape index (κ3) is 5.88. The van der Waals surface area contributed by atoms with Gasteiger partial charge in [-0.3, -0.25) is 9.79 Å². The molecule has 7 heteroatoms. The number of piperidine rings is 1. The van der Waals surface area contributed by atoms with E-state index in [0.29, 0.717) is 19.1 Å². The number of carbonyl (C=O) groups is 1. The second-order valence-corrected chi connectivity index (χ2v) is 8.06. The first-order chi connectivity index (χ1) is 14.8. The van der Waals surface area contributed by atoms with Crippen molar-refractivity contribution in [1.29, 1.82) is 0 Å². The summed E-state index contributed by atoms with van der Waals surface area (Å²) in [4.78, 5) is 21.5. The van der Waals surface area contributed by atoms with Gasteiger partial charge in [0.2, 0.25) is 5.91 Å². The van der Waals surface area contributed by atoms with Gasteiger partial charge in [0.25, 0.3) is 0 Å². The Bertz CT molecular complexity index is 885. The number of amides is 1. The van der Waals surface area contributed by atoms with E-state index in [2.05, 4.69) is 57.7 Å². The number of guanidine groups is 1. The van der Waals surface area contributed by atoms with Crippen molar-refractivity contribution in [2.24, 2.45) is 10.9 Å². The van der Waals surface area contributed by atoms with Gasteiger partial charge < -0.3 is 19.9 Å². The molecule has 2 aliphatic rings. The average Bonchev–Trinajstić information content (AvgIpc) is 2.82. The summed E-state index contributed by atoms with van der Waals surface area (Å²) in [6.07, 6.45) is 2.73. The van der Waals surface area contributed by atoms with Crippen molar-refractivity contribution in [3.8, 4) is 0 Å². The zero-order chi connectivity index (χ0) is 20.8. The molecule has 2 saturated heterocycles. The zero-order valence-corrected chi connectivity index (χ0v) is 20.6. The lowest BCUT2D eigenvalue weighted by Crippen LogP contribution is -2.50. The van der Waals surface area contributed by atoms with Gasteiger partial charge in [-0.1, -0.05) is 42.5 Å². The molecule has 168 valence electrons. The zero-order valence-electron chi connectivity index (χ0n) is 18.3. The largest absolute Gasteiger partial charge is 0.378 e. The monoisotopic (exact) mass is 536 g/mol. The van der Waals surface area contributed by atoms with Crippen LogP contribution in [0.25, 0.3) is 10.8 Å². The molecule has 31 heavy (non-hydrogen) atoms. The molecule has 0 bridgehead atoms. The molecule has 0 aliphatic carbocycles. The second-order valence-electron chi connectivity index (χ2n) is 8.06. The second kappa shape index (κ2) is 11.7. The maximum Gasteiger partial charge on any atom is 0.225 e. The van der Waals surface area contributed by atoms with Crippen LogP contribution >= 0.6 is 24.0 Å². The lowest BCUT2D eigenvalue weighted by atomic mass is 9.95. The molecule has 2 aromatic rings. The van der Waals surface area contributed by atoms with Crippen molar-refractivity contribution in [2.45, 2.75) is 19.3 Å². The summed E-state index contributed by atoms with van der Waals surface area (Å²) < 4.78 is 5.37. The molecule has 2 aliphatic heterocycles. The van der Waals surface area contributed by atoms with Crippen molar-refractivity contribution in [1.82, 2.24) is 15.1 Å². The van der Waals surface area contributed by atoms with E-state index in [1.165, 1.54) is 16.3 Å². The Kier molecular flexibility index (Phi) is 8.95. The number of hydrogen-bond donors (Lipinski definition) is 1. The van der Waals surface area contributed by atoms with Crippen molar-refractivity contribution in [3.05, 3.63) is 48.0 Å². The lowest BCUT2D eigenvalue weighted by Gasteiger charge is -2.36. The molecule has 0 spiro atoms. The molecule has 1 N–H and O–H groups in total. The minimum atomic E-state index is 0. The van der Waals surface area contributed by atoms with Crippen LogP contribution in [0, 0.1) is 5.92 Å². The maximum atomic E-state index is 12.7. The highest BCUT2D eigenvalue weighted by atomic mass is 127. The number of ether oxygens (including phenoxy) is 1. The van der Waals surface area contributed by atoms with E-state index in [9.17, 15) is 4.79 Å². The smallest absolute Gasteiger partial charge is 0.225 e. The maximum absolute atomic E-state index is 12.7. The fraction of sp³-hybridized carbons (Fsp3) is 0.500. The number of aliphatic imine (C=N–C) groups is 1. The third-order valence-corrected chi connectivity index (χ3v) is 6.24. The molecule has 0 unspecified atom stereocenters. The summed E-state index contributed by atoms with van der Waals surface area (Å²) in [7, 11) is 1.84. The Morgan fingerprint density at radius 1 is 1.03 bits per heavy atom. The molecule has 2 aromatic carbocycles. The highest BCUT2D eigenvalue weighted by Gasteiger charge is 2.30. The molecular formula is C24H33IN4O2. The Balaban J connectivity index is 0.00000272. The fourth-order valence-corrected chi connectivity index (χ4v) is 4.53. The van der Waals surface area contributed by atoms with Crippen LogP contribution in [0.4, 0.5) is 0 Å². The van der Waals surface area contributed by atoms with Crippen LogP contribution in [0.5, 0.6) is 0 Å². The van der Waals surface area contributed by atoms with Gasteiger partial charge in [0, 0.05) is 45.7 Å². The van der Waals surface area contributed by atoms with Crippen LogP contribution < -0.4 is 5.32 Å². The first-order valence-corrected chi connectivity index (χ1v) is 11.0. The third-order valence-electron chi connectivity index (χ3n) is 6.24. The summed E-state index contributed by atoms with van der Waals surface area (Å²) in [5.41, 5.74) is 1.35. The Morgan fingerprint density at radius 3 is 2.48 bits per heavy atom. The molecule has 0 aromatic heterocycles. The Labute approximate surface area is 202 Å². The van der Waals surface area contributed by atoms with Crippen molar-refractivity contribution < 1.29 is 9.53 Å². The van der Waals surface area contributed by atoms with Crippen LogP contribution in [0.15, 0.2) is 47.5 Å². The summed E-state index contributed by atoms with van der Waals surface area (Å²) in [5.74, 6) is 1.37. The van der Waals surface area contributed by atoms with Crippen molar-refractivity contribution in [3.63, 3.8) is 0 Å². The summed E-state index contributed by atoms with van der Waals surface area (Å²) in [5, 5.41) is 6.13. The van der Waals surface area contributed by atoms with Crippen LogP contribution in [0.3, 0.4) is 0 Å². The van der Waals surface area contributed by atoms with E-state index in [1.54, 1.807) is 0 Å². The van der Waals surface area contributed by atoms with E-state index in [0.717, 1.165) is 57.9 Å². The van der Waals surface area contributed by atoms with Crippen LogP contribution in [-0.4, -0.2) is 74.7 Å². The van der Waals surface area contributed by atoms with Gasteiger partial charge >= 0.3 is 0 Å². The number of hydrogen-bond acceptors (Lipinski definition) is 3. The highest BCUT2D eigenvalue weighted by molar-refractivity contribution is 14.0. The summed E-state index contributed by atoms with van der Waals surface area (Å²) >= 11 is 0. The number of fused-ring (bicyclic) bond motifs is 1. The molecular weight excluding hydrogens is 503 g/mol. The molecule has 0 saturated carbocycles. The van der Waals surface area contributed by atoms with Crippen LogP contribution in [0.2, 0.25) is 0 Å². The van der Waals surface area contributed by atoms with Crippen molar-refractivity contribution in [2.75, 3.05) is 53.0 Å². The number of morpholine rings is 1. The van der Waals surface area contributed by atoms with E-state index in [4.69, 9.17) is 4.74 Å². The highest BCUT2D eigenvalue weighted by Crippen LogP contribution is 2.21. The average molecular weight is 536 g/mol. The van der Waals surface area contributed by atoms with Gasteiger partial charge in [-0.2, -0.15) is 0 Å². The Hall–Kier alpha value is -1.87.